The molecule has 0 radical (unpaired) electrons. The van der Waals surface area contributed by atoms with Gasteiger partial charge < -0.3 is 10.0 Å². The quantitative estimate of drug-likeness (QED) is 0.814. The Bertz CT molecular complexity index is 594. The van der Waals surface area contributed by atoms with E-state index in [-0.39, 0.29) is 12.0 Å². The van der Waals surface area contributed by atoms with Gasteiger partial charge in [0.15, 0.2) is 0 Å². The minimum atomic E-state index is -0.176. The number of amides is 1. The Hall–Kier alpha value is -1.35. The summed E-state index contributed by atoms with van der Waals surface area (Å²) in [5.74, 6) is 1.06. The smallest absolute Gasteiger partial charge is 0.222 e. The summed E-state index contributed by atoms with van der Waals surface area (Å²) < 4.78 is 0. The molecule has 26 heavy (non-hydrogen) atoms. The summed E-state index contributed by atoms with van der Waals surface area (Å²) >= 11 is 0. The maximum absolute atomic E-state index is 12.8. The standard InChI is InChI=1S/C23H35NO2/c1-19-8-5-6-11-21(19)16-23(18-25)14-7-15-24(17-23)22(26)13-12-20-9-3-2-4-10-20/h5-6,8,11,20,25H,2-4,7,9-10,12-18H2,1H3. The van der Waals surface area contributed by atoms with Crippen molar-refractivity contribution in [2.45, 2.75) is 71.1 Å². The van der Waals surface area contributed by atoms with Gasteiger partial charge in [-0.05, 0) is 49.7 Å². The molecule has 3 nitrogen and oxygen atoms in total. The third-order valence-electron chi connectivity index (χ3n) is 6.67. The van der Waals surface area contributed by atoms with Crippen molar-refractivity contribution in [3.05, 3.63) is 35.4 Å². The lowest BCUT2D eigenvalue weighted by atomic mass is 9.75. The van der Waals surface area contributed by atoms with Gasteiger partial charge in [0.05, 0.1) is 6.61 Å². The maximum atomic E-state index is 12.8. The summed E-state index contributed by atoms with van der Waals surface area (Å²) in [5.41, 5.74) is 2.41. The van der Waals surface area contributed by atoms with Gasteiger partial charge in [-0.15, -0.1) is 0 Å². The van der Waals surface area contributed by atoms with E-state index >= 15 is 0 Å². The van der Waals surface area contributed by atoms with Crippen LogP contribution in [-0.2, 0) is 11.2 Å². The Labute approximate surface area is 158 Å². The number of aryl methyl sites for hydroxylation is 1. The second-order valence-electron chi connectivity index (χ2n) is 8.72. The maximum Gasteiger partial charge on any atom is 0.222 e. The number of likely N-dealkylation sites (tertiary alicyclic amines) is 1. The van der Waals surface area contributed by atoms with Crippen molar-refractivity contribution in [2.75, 3.05) is 19.7 Å². The van der Waals surface area contributed by atoms with Crippen LogP contribution in [0, 0.1) is 18.3 Å². The van der Waals surface area contributed by atoms with E-state index in [0.717, 1.165) is 38.1 Å². The van der Waals surface area contributed by atoms with E-state index in [1.54, 1.807) is 0 Å². The number of piperidine rings is 1. The van der Waals surface area contributed by atoms with E-state index in [2.05, 4.69) is 31.2 Å². The monoisotopic (exact) mass is 357 g/mol. The van der Waals surface area contributed by atoms with E-state index < -0.39 is 0 Å². The zero-order valence-corrected chi connectivity index (χ0v) is 16.4. The molecule has 1 heterocycles. The number of aliphatic hydroxyl groups is 1. The molecule has 1 aromatic rings. The van der Waals surface area contributed by atoms with Crippen molar-refractivity contribution in [1.82, 2.24) is 4.90 Å². The molecule has 2 fully saturated rings. The molecule has 1 amide bonds. The number of rotatable bonds is 6. The molecule has 0 bridgehead atoms. The van der Waals surface area contributed by atoms with E-state index in [1.807, 2.05) is 4.90 Å². The first-order chi connectivity index (χ1) is 12.6. The first kappa shape index (κ1) is 19.4. The number of benzene rings is 1. The predicted octanol–water partition coefficient (Wildman–Crippen LogP) is 4.50. The van der Waals surface area contributed by atoms with Crippen LogP contribution in [0.25, 0.3) is 0 Å². The third-order valence-corrected chi connectivity index (χ3v) is 6.67. The minimum absolute atomic E-state index is 0.160. The molecule has 3 rings (SSSR count). The highest BCUT2D eigenvalue weighted by Crippen LogP contribution is 2.35. The van der Waals surface area contributed by atoms with Crippen LogP contribution in [0.2, 0.25) is 0 Å². The highest BCUT2D eigenvalue weighted by molar-refractivity contribution is 5.76. The van der Waals surface area contributed by atoms with Crippen molar-refractivity contribution in [1.29, 1.82) is 0 Å². The Morgan fingerprint density at radius 3 is 2.69 bits per heavy atom. The zero-order valence-electron chi connectivity index (χ0n) is 16.4. The molecule has 1 aliphatic carbocycles. The molecule has 2 aliphatic rings. The topological polar surface area (TPSA) is 40.5 Å². The number of carbonyl (C=O) groups excluding carboxylic acids is 1. The van der Waals surface area contributed by atoms with Gasteiger partial charge in [-0.1, -0.05) is 56.4 Å². The first-order valence-electron chi connectivity index (χ1n) is 10.5. The molecule has 1 unspecified atom stereocenters. The number of hydrogen-bond acceptors (Lipinski definition) is 2. The fourth-order valence-electron chi connectivity index (χ4n) is 4.92. The van der Waals surface area contributed by atoms with Crippen LogP contribution in [0.5, 0.6) is 0 Å². The number of carbonyl (C=O) groups is 1. The predicted molar refractivity (Wildman–Crippen MR) is 106 cm³/mol. The van der Waals surface area contributed by atoms with Gasteiger partial charge in [-0.25, -0.2) is 0 Å². The molecule has 144 valence electrons. The van der Waals surface area contributed by atoms with Gasteiger partial charge in [0.25, 0.3) is 0 Å². The van der Waals surface area contributed by atoms with Crippen molar-refractivity contribution in [2.24, 2.45) is 11.3 Å². The molecule has 0 spiro atoms. The Balaban J connectivity index is 1.59. The highest BCUT2D eigenvalue weighted by atomic mass is 16.3. The van der Waals surface area contributed by atoms with Crippen molar-refractivity contribution < 1.29 is 9.90 Å². The van der Waals surface area contributed by atoms with Gasteiger partial charge >= 0.3 is 0 Å². The highest BCUT2D eigenvalue weighted by Gasteiger charge is 2.37. The van der Waals surface area contributed by atoms with Gasteiger partial charge in [0.2, 0.25) is 5.91 Å². The lowest BCUT2D eigenvalue weighted by Gasteiger charge is -2.42. The zero-order chi connectivity index (χ0) is 18.4. The average molecular weight is 358 g/mol. The van der Waals surface area contributed by atoms with E-state index in [1.165, 1.54) is 43.2 Å². The summed E-state index contributed by atoms with van der Waals surface area (Å²) in [4.78, 5) is 14.9. The SMILES string of the molecule is Cc1ccccc1CC1(CO)CCCN(C(=O)CCC2CCCCC2)C1. The fraction of sp³-hybridized carbons (Fsp3) is 0.696. The number of hydrogen-bond donors (Lipinski definition) is 1. The Morgan fingerprint density at radius 1 is 1.19 bits per heavy atom. The van der Waals surface area contributed by atoms with Gasteiger partial charge in [0, 0.05) is 24.9 Å². The second kappa shape index (κ2) is 9.03. The Kier molecular flexibility index (Phi) is 6.74. The second-order valence-corrected chi connectivity index (χ2v) is 8.72. The fourth-order valence-corrected chi connectivity index (χ4v) is 4.92. The molecule has 3 heteroatoms. The summed E-state index contributed by atoms with van der Waals surface area (Å²) in [6.45, 7) is 3.87. The first-order valence-corrected chi connectivity index (χ1v) is 10.5. The summed E-state index contributed by atoms with van der Waals surface area (Å²) in [5, 5.41) is 10.2. The largest absolute Gasteiger partial charge is 0.396 e. The molecule has 1 atom stereocenters. The van der Waals surface area contributed by atoms with Crippen LogP contribution >= 0.6 is 0 Å². The molecule has 0 aromatic heterocycles. The molecular formula is C23H35NO2. The summed E-state index contributed by atoms with van der Waals surface area (Å²) in [7, 11) is 0. The molecule has 1 N–H and O–H groups in total. The van der Waals surface area contributed by atoms with Crippen molar-refractivity contribution >= 4 is 5.91 Å². The molecule has 1 saturated heterocycles. The van der Waals surface area contributed by atoms with Crippen LogP contribution in [0.1, 0.15) is 68.9 Å². The van der Waals surface area contributed by atoms with Crippen LogP contribution in [0.3, 0.4) is 0 Å². The molecule has 1 aliphatic heterocycles. The minimum Gasteiger partial charge on any atom is -0.396 e. The van der Waals surface area contributed by atoms with Gasteiger partial charge in [-0.2, -0.15) is 0 Å². The van der Waals surface area contributed by atoms with Crippen LogP contribution in [0.15, 0.2) is 24.3 Å². The lowest BCUT2D eigenvalue weighted by Crippen LogP contribution is -2.49. The average Bonchev–Trinajstić information content (AvgIpc) is 2.69. The van der Waals surface area contributed by atoms with E-state index in [0.29, 0.717) is 18.9 Å². The van der Waals surface area contributed by atoms with E-state index in [4.69, 9.17) is 0 Å². The molecular weight excluding hydrogens is 322 g/mol. The summed E-state index contributed by atoms with van der Waals surface area (Å²) in [6.07, 6.45) is 11.3. The van der Waals surface area contributed by atoms with Gasteiger partial charge in [0.1, 0.15) is 0 Å². The van der Waals surface area contributed by atoms with Gasteiger partial charge in [-0.3, -0.25) is 4.79 Å². The third kappa shape index (κ3) is 4.88. The number of aliphatic hydroxyl groups excluding tert-OH is 1. The normalized spacial score (nSPS) is 24.6. The molecule has 1 aromatic carbocycles. The number of nitrogens with zero attached hydrogens (tertiary/aromatic N) is 1. The van der Waals surface area contributed by atoms with Crippen molar-refractivity contribution in [3.63, 3.8) is 0 Å². The van der Waals surface area contributed by atoms with Crippen LogP contribution < -0.4 is 0 Å². The lowest BCUT2D eigenvalue weighted by molar-refractivity contribution is -0.136. The summed E-state index contributed by atoms with van der Waals surface area (Å²) in [6, 6.07) is 8.43. The molecule has 1 saturated carbocycles. The Morgan fingerprint density at radius 2 is 1.96 bits per heavy atom. The van der Waals surface area contributed by atoms with E-state index in [9.17, 15) is 9.90 Å². The van der Waals surface area contributed by atoms with Crippen LogP contribution in [-0.4, -0.2) is 35.6 Å². The van der Waals surface area contributed by atoms with Crippen molar-refractivity contribution in [3.8, 4) is 0 Å². The van der Waals surface area contributed by atoms with Crippen LogP contribution in [0.4, 0.5) is 0 Å².